The van der Waals surface area contributed by atoms with E-state index >= 15 is 0 Å². The summed E-state index contributed by atoms with van der Waals surface area (Å²) in [6.07, 6.45) is 0.325. The summed E-state index contributed by atoms with van der Waals surface area (Å²) in [6, 6.07) is 0. The first-order chi connectivity index (χ1) is 5.31. The quantitative estimate of drug-likeness (QED) is 0.604. The number of halogens is 2. The van der Waals surface area contributed by atoms with Gasteiger partial charge in [0, 0.05) is 25.6 Å². The summed E-state index contributed by atoms with van der Waals surface area (Å²) >= 11 is 0. The van der Waals surface area contributed by atoms with Crippen molar-refractivity contribution in [2.24, 2.45) is 5.41 Å². The Balaban J connectivity index is 3.88. The van der Waals surface area contributed by atoms with Gasteiger partial charge in [-0.25, -0.2) is 8.78 Å². The highest BCUT2D eigenvalue weighted by atomic mass is 19.3. The molecule has 12 heavy (non-hydrogen) atoms. The second-order valence-corrected chi connectivity index (χ2v) is 4.05. The molecule has 0 aliphatic rings. The molecule has 0 amide bonds. The maximum Gasteiger partial charge on any atom is 0.252 e. The van der Waals surface area contributed by atoms with E-state index in [2.05, 4.69) is 0 Å². The topological polar surface area (TPSA) is 9.23 Å². The fourth-order valence-corrected chi connectivity index (χ4v) is 0.814. The maximum atomic E-state index is 13.2. The number of ether oxygens (including phenoxy) is 1. The number of alkyl halides is 2. The van der Waals surface area contributed by atoms with Crippen molar-refractivity contribution in [1.82, 2.24) is 0 Å². The lowest BCUT2D eigenvalue weighted by atomic mass is 9.85. The van der Waals surface area contributed by atoms with Gasteiger partial charge in [-0.15, -0.1) is 0 Å². The third-order valence-corrected chi connectivity index (χ3v) is 1.94. The van der Waals surface area contributed by atoms with E-state index in [-0.39, 0.29) is 6.42 Å². The number of hydrogen-bond donors (Lipinski definition) is 0. The maximum absolute atomic E-state index is 13.2. The van der Waals surface area contributed by atoms with E-state index in [0.717, 1.165) is 0 Å². The molecule has 0 rings (SSSR count). The Morgan fingerprint density at radius 3 is 2.00 bits per heavy atom. The first-order valence-electron chi connectivity index (χ1n) is 4.18. The average molecular weight is 180 g/mol. The molecule has 0 aromatic carbocycles. The molecule has 0 aliphatic carbocycles. The molecule has 0 spiro atoms. The molecule has 0 atom stereocenters. The fourth-order valence-electron chi connectivity index (χ4n) is 0.814. The summed E-state index contributed by atoms with van der Waals surface area (Å²) in [7, 11) is 1.52. The summed E-state index contributed by atoms with van der Waals surface area (Å²) < 4.78 is 31.1. The van der Waals surface area contributed by atoms with E-state index in [4.69, 9.17) is 4.74 Å². The molecule has 0 saturated carbocycles. The van der Waals surface area contributed by atoms with E-state index in [9.17, 15) is 8.78 Å². The molecule has 1 nitrogen and oxygen atoms in total. The summed E-state index contributed by atoms with van der Waals surface area (Å²) in [5, 5.41) is 0. The second-order valence-electron chi connectivity index (χ2n) is 4.05. The van der Waals surface area contributed by atoms with Gasteiger partial charge in [-0.05, 0) is 6.42 Å². The Hall–Kier alpha value is -0.180. The van der Waals surface area contributed by atoms with Crippen LogP contribution in [0.25, 0.3) is 0 Å². The van der Waals surface area contributed by atoms with Crippen molar-refractivity contribution in [2.75, 3.05) is 13.7 Å². The second kappa shape index (κ2) is 4.17. The SMILES string of the molecule is COCCCC(F)(F)C(C)(C)C. The molecule has 74 valence electrons. The zero-order valence-corrected chi connectivity index (χ0v) is 8.29. The highest BCUT2D eigenvalue weighted by molar-refractivity contribution is 4.80. The molecule has 0 aliphatic heterocycles. The summed E-state index contributed by atoms with van der Waals surface area (Å²) in [6.45, 7) is 5.07. The summed E-state index contributed by atoms with van der Waals surface area (Å²) in [4.78, 5) is 0. The molecular formula is C9H18F2O. The van der Waals surface area contributed by atoms with Gasteiger partial charge in [0.2, 0.25) is 0 Å². The van der Waals surface area contributed by atoms with Crippen LogP contribution in [-0.2, 0) is 4.74 Å². The highest BCUT2D eigenvalue weighted by Gasteiger charge is 2.41. The zero-order valence-electron chi connectivity index (χ0n) is 8.29. The van der Waals surface area contributed by atoms with Crippen LogP contribution in [0.3, 0.4) is 0 Å². The Labute approximate surface area is 73.1 Å². The molecule has 0 radical (unpaired) electrons. The molecule has 0 heterocycles. The van der Waals surface area contributed by atoms with Crippen molar-refractivity contribution in [1.29, 1.82) is 0 Å². The van der Waals surface area contributed by atoms with Gasteiger partial charge < -0.3 is 4.74 Å². The minimum absolute atomic E-state index is 0.0929. The van der Waals surface area contributed by atoms with Crippen LogP contribution in [0.1, 0.15) is 33.6 Å². The first-order valence-corrected chi connectivity index (χ1v) is 4.18. The van der Waals surface area contributed by atoms with Crippen molar-refractivity contribution in [2.45, 2.75) is 39.5 Å². The van der Waals surface area contributed by atoms with Crippen LogP contribution in [0.5, 0.6) is 0 Å². The highest BCUT2D eigenvalue weighted by Crippen LogP contribution is 2.38. The van der Waals surface area contributed by atoms with Crippen molar-refractivity contribution < 1.29 is 13.5 Å². The summed E-state index contributed by atoms with van der Waals surface area (Å²) in [5.41, 5.74) is -0.944. The van der Waals surface area contributed by atoms with Crippen LogP contribution >= 0.6 is 0 Å². The van der Waals surface area contributed by atoms with E-state index in [1.165, 1.54) is 7.11 Å². The molecule has 0 aromatic rings. The lowest BCUT2D eigenvalue weighted by molar-refractivity contribution is -0.106. The lowest BCUT2D eigenvalue weighted by Crippen LogP contribution is -2.33. The molecule has 0 saturated heterocycles. The Kier molecular flexibility index (Phi) is 4.11. The van der Waals surface area contributed by atoms with Gasteiger partial charge in [0.05, 0.1) is 0 Å². The first kappa shape index (κ1) is 11.8. The average Bonchev–Trinajstić information content (AvgIpc) is 1.85. The Bertz CT molecular complexity index is 127. The predicted molar refractivity (Wildman–Crippen MR) is 45.5 cm³/mol. The molecule has 0 unspecified atom stereocenters. The van der Waals surface area contributed by atoms with Gasteiger partial charge >= 0.3 is 0 Å². The number of rotatable bonds is 4. The monoisotopic (exact) mass is 180 g/mol. The molecule has 0 bridgehead atoms. The van der Waals surface area contributed by atoms with Crippen LogP contribution in [0.15, 0.2) is 0 Å². The van der Waals surface area contributed by atoms with Gasteiger partial charge in [-0.2, -0.15) is 0 Å². The van der Waals surface area contributed by atoms with Crippen LogP contribution in [0.4, 0.5) is 8.78 Å². The van der Waals surface area contributed by atoms with E-state index in [1.807, 2.05) is 0 Å². The van der Waals surface area contributed by atoms with Crippen LogP contribution in [0, 0.1) is 5.41 Å². The number of hydrogen-bond acceptors (Lipinski definition) is 1. The van der Waals surface area contributed by atoms with Gasteiger partial charge in [-0.1, -0.05) is 20.8 Å². The van der Waals surface area contributed by atoms with Crippen LogP contribution in [-0.4, -0.2) is 19.6 Å². The standard InChI is InChI=1S/C9H18F2O/c1-8(2,3)9(10,11)6-5-7-12-4/h5-7H2,1-4H3. The third-order valence-electron chi connectivity index (χ3n) is 1.94. The van der Waals surface area contributed by atoms with Crippen molar-refractivity contribution in [3.8, 4) is 0 Å². The minimum atomic E-state index is -2.59. The molecular weight excluding hydrogens is 162 g/mol. The molecule has 0 fully saturated rings. The van der Waals surface area contributed by atoms with Gasteiger partial charge in [0.25, 0.3) is 5.92 Å². The Morgan fingerprint density at radius 2 is 1.67 bits per heavy atom. The van der Waals surface area contributed by atoms with Crippen LogP contribution in [0.2, 0.25) is 0 Å². The zero-order chi connectivity index (χ0) is 9.83. The summed E-state index contributed by atoms with van der Waals surface area (Å²) in [5.74, 6) is -2.59. The van der Waals surface area contributed by atoms with E-state index in [0.29, 0.717) is 13.0 Å². The van der Waals surface area contributed by atoms with Gasteiger partial charge in [-0.3, -0.25) is 0 Å². The smallest absolute Gasteiger partial charge is 0.252 e. The normalized spacial score (nSPS) is 13.5. The van der Waals surface area contributed by atoms with Crippen molar-refractivity contribution in [3.05, 3.63) is 0 Å². The molecule has 0 aromatic heterocycles. The van der Waals surface area contributed by atoms with E-state index in [1.54, 1.807) is 20.8 Å². The molecule has 3 heteroatoms. The van der Waals surface area contributed by atoms with E-state index < -0.39 is 11.3 Å². The van der Waals surface area contributed by atoms with Gasteiger partial charge in [0.15, 0.2) is 0 Å². The van der Waals surface area contributed by atoms with Crippen molar-refractivity contribution >= 4 is 0 Å². The third kappa shape index (κ3) is 3.48. The fraction of sp³-hybridized carbons (Fsp3) is 1.00. The van der Waals surface area contributed by atoms with Crippen LogP contribution < -0.4 is 0 Å². The number of methoxy groups -OCH3 is 1. The van der Waals surface area contributed by atoms with Gasteiger partial charge in [0.1, 0.15) is 0 Å². The van der Waals surface area contributed by atoms with Crippen molar-refractivity contribution in [3.63, 3.8) is 0 Å². The predicted octanol–water partition coefficient (Wildman–Crippen LogP) is 3.09. The molecule has 0 N–H and O–H groups in total. The minimum Gasteiger partial charge on any atom is -0.385 e. The lowest BCUT2D eigenvalue weighted by Gasteiger charge is -2.30. The largest absolute Gasteiger partial charge is 0.385 e. The Morgan fingerprint density at radius 1 is 1.17 bits per heavy atom.